The van der Waals surface area contributed by atoms with Crippen LogP contribution in [0.4, 0.5) is 0 Å². The third-order valence-electron chi connectivity index (χ3n) is 5.44. The minimum Gasteiger partial charge on any atom is -0.356 e. The number of hydrogen-bond donors (Lipinski definition) is 1. The van der Waals surface area contributed by atoms with Crippen molar-refractivity contribution in [1.82, 2.24) is 15.1 Å². The number of guanidine groups is 1. The van der Waals surface area contributed by atoms with Gasteiger partial charge in [0.05, 0.1) is 0 Å². The van der Waals surface area contributed by atoms with Gasteiger partial charge in [-0.2, -0.15) is 0 Å². The number of aliphatic imine (C=N–C) groups is 1. The van der Waals surface area contributed by atoms with Crippen LogP contribution < -0.4 is 5.32 Å². The molecule has 4 heteroatoms. The molecule has 24 heavy (non-hydrogen) atoms. The maximum absolute atomic E-state index is 4.53. The summed E-state index contributed by atoms with van der Waals surface area (Å²) >= 11 is 0. The SMILES string of the molecule is CN=C(NCC1CCCN(C)C1)N1CCC(Cc2ccccc2)C1. The Hall–Kier alpha value is -1.55. The molecule has 0 bridgehead atoms. The van der Waals surface area contributed by atoms with Gasteiger partial charge in [-0.05, 0) is 56.7 Å². The maximum Gasteiger partial charge on any atom is 0.193 e. The molecule has 2 unspecified atom stereocenters. The second kappa shape index (κ2) is 8.52. The average Bonchev–Trinajstić information content (AvgIpc) is 3.05. The summed E-state index contributed by atoms with van der Waals surface area (Å²) in [6.45, 7) is 5.76. The van der Waals surface area contributed by atoms with E-state index < -0.39 is 0 Å². The van der Waals surface area contributed by atoms with Crippen LogP contribution in [0, 0.1) is 11.8 Å². The molecule has 0 amide bonds. The predicted octanol–water partition coefficient (Wildman–Crippen LogP) is 2.47. The van der Waals surface area contributed by atoms with Gasteiger partial charge in [0.2, 0.25) is 0 Å². The van der Waals surface area contributed by atoms with Gasteiger partial charge < -0.3 is 15.1 Å². The number of benzene rings is 1. The molecule has 0 saturated carbocycles. The van der Waals surface area contributed by atoms with Crippen molar-refractivity contribution in [2.24, 2.45) is 16.8 Å². The molecule has 0 radical (unpaired) electrons. The summed E-state index contributed by atoms with van der Waals surface area (Å²) in [7, 11) is 4.15. The Kier molecular flexibility index (Phi) is 6.13. The number of nitrogens with one attached hydrogen (secondary N) is 1. The highest BCUT2D eigenvalue weighted by molar-refractivity contribution is 5.80. The summed E-state index contributed by atoms with van der Waals surface area (Å²) in [4.78, 5) is 9.43. The second-order valence-corrected chi connectivity index (χ2v) is 7.49. The molecule has 0 aliphatic carbocycles. The molecule has 2 aliphatic rings. The van der Waals surface area contributed by atoms with Crippen LogP contribution in [-0.4, -0.2) is 62.6 Å². The first-order valence-electron chi connectivity index (χ1n) is 9.42. The van der Waals surface area contributed by atoms with Crippen molar-refractivity contribution in [1.29, 1.82) is 0 Å². The summed E-state index contributed by atoms with van der Waals surface area (Å²) in [5.41, 5.74) is 1.46. The third-order valence-corrected chi connectivity index (χ3v) is 5.44. The van der Waals surface area contributed by atoms with Crippen molar-refractivity contribution in [3.05, 3.63) is 35.9 Å². The number of piperidine rings is 1. The van der Waals surface area contributed by atoms with Crippen LogP contribution in [0.1, 0.15) is 24.8 Å². The topological polar surface area (TPSA) is 30.9 Å². The van der Waals surface area contributed by atoms with Crippen molar-refractivity contribution < 1.29 is 0 Å². The molecular weight excluding hydrogens is 296 g/mol. The van der Waals surface area contributed by atoms with Crippen LogP contribution in [0.25, 0.3) is 0 Å². The van der Waals surface area contributed by atoms with Crippen molar-refractivity contribution >= 4 is 5.96 Å². The number of rotatable bonds is 4. The van der Waals surface area contributed by atoms with Crippen molar-refractivity contribution in [2.75, 3.05) is 46.8 Å². The summed E-state index contributed by atoms with van der Waals surface area (Å²) < 4.78 is 0. The first-order valence-corrected chi connectivity index (χ1v) is 9.42. The number of hydrogen-bond acceptors (Lipinski definition) is 2. The zero-order valence-electron chi connectivity index (χ0n) is 15.2. The van der Waals surface area contributed by atoms with Crippen molar-refractivity contribution in [3.63, 3.8) is 0 Å². The molecule has 2 aliphatic heterocycles. The zero-order valence-corrected chi connectivity index (χ0v) is 15.2. The van der Waals surface area contributed by atoms with Gasteiger partial charge in [0.1, 0.15) is 0 Å². The Morgan fingerprint density at radius 2 is 1.96 bits per heavy atom. The van der Waals surface area contributed by atoms with E-state index in [9.17, 15) is 0 Å². The van der Waals surface area contributed by atoms with Crippen molar-refractivity contribution in [3.8, 4) is 0 Å². The summed E-state index contributed by atoms with van der Waals surface area (Å²) in [5, 5.41) is 3.64. The number of likely N-dealkylation sites (tertiary alicyclic amines) is 2. The fourth-order valence-corrected chi connectivity index (χ4v) is 4.15. The van der Waals surface area contributed by atoms with Crippen LogP contribution in [0.3, 0.4) is 0 Å². The monoisotopic (exact) mass is 328 g/mol. The number of nitrogens with zero attached hydrogens (tertiary/aromatic N) is 3. The van der Waals surface area contributed by atoms with E-state index in [1.165, 1.54) is 44.3 Å². The molecule has 1 N–H and O–H groups in total. The van der Waals surface area contributed by atoms with Gasteiger partial charge in [0, 0.05) is 33.2 Å². The molecule has 0 aromatic heterocycles. The van der Waals surface area contributed by atoms with Gasteiger partial charge in [-0.3, -0.25) is 4.99 Å². The average molecular weight is 329 g/mol. The summed E-state index contributed by atoms with van der Waals surface area (Å²) in [5.74, 6) is 2.59. The van der Waals surface area contributed by atoms with E-state index in [1.54, 1.807) is 0 Å². The van der Waals surface area contributed by atoms with Crippen LogP contribution in [0.5, 0.6) is 0 Å². The summed E-state index contributed by atoms with van der Waals surface area (Å²) in [6, 6.07) is 10.9. The Labute approximate surface area is 146 Å². The smallest absolute Gasteiger partial charge is 0.193 e. The highest BCUT2D eigenvalue weighted by Gasteiger charge is 2.25. The highest BCUT2D eigenvalue weighted by Crippen LogP contribution is 2.21. The highest BCUT2D eigenvalue weighted by atomic mass is 15.3. The van der Waals surface area contributed by atoms with Gasteiger partial charge in [-0.25, -0.2) is 0 Å². The Balaban J connectivity index is 1.46. The lowest BCUT2D eigenvalue weighted by Gasteiger charge is -2.31. The standard InChI is InChI=1S/C20H32N4/c1-21-20(22-14-19-9-6-11-23(2)15-19)24-12-10-18(16-24)13-17-7-4-3-5-8-17/h3-5,7-8,18-19H,6,9-16H2,1-2H3,(H,21,22). The van der Waals surface area contributed by atoms with E-state index in [0.29, 0.717) is 0 Å². The fourth-order valence-electron chi connectivity index (χ4n) is 4.15. The molecule has 132 valence electrons. The molecule has 1 aromatic carbocycles. The van der Waals surface area contributed by atoms with Gasteiger partial charge in [-0.15, -0.1) is 0 Å². The van der Waals surface area contributed by atoms with E-state index in [0.717, 1.165) is 37.4 Å². The Morgan fingerprint density at radius 1 is 1.12 bits per heavy atom. The first kappa shape index (κ1) is 17.3. The largest absolute Gasteiger partial charge is 0.356 e. The fraction of sp³-hybridized carbons (Fsp3) is 0.650. The van der Waals surface area contributed by atoms with Gasteiger partial charge >= 0.3 is 0 Å². The molecule has 1 aromatic rings. The normalized spacial score (nSPS) is 25.9. The maximum atomic E-state index is 4.53. The van der Waals surface area contributed by atoms with Gasteiger partial charge in [-0.1, -0.05) is 30.3 Å². The van der Waals surface area contributed by atoms with Crippen LogP contribution >= 0.6 is 0 Å². The van der Waals surface area contributed by atoms with Crippen LogP contribution in [0.2, 0.25) is 0 Å². The van der Waals surface area contributed by atoms with E-state index in [2.05, 4.69) is 57.5 Å². The third kappa shape index (κ3) is 4.73. The van der Waals surface area contributed by atoms with Gasteiger partial charge in [0.15, 0.2) is 5.96 Å². The molecule has 0 spiro atoms. The Bertz CT molecular complexity index is 528. The van der Waals surface area contributed by atoms with Crippen LogP contribution in [0.15, 0.2) is 35.3 Å². The van der Waals surface area contributed by atoms with Gasteiger partial charge in [0.25, 0.3) is 0 Å². The molecule has 2 fully saturated rings. The molecular formula is C20H32N4. The quantitative estimate of drug-likeness (QED) is 0.680. The van der Waals surface area contributed by atoms with E-state index in [1.807, 2.05) is 7.05 Å². The molecule has 2 heterocycles. The minimum absolute atomic E-state index is 0.742. The lowest BCUT2D eigenvalue weighted by Crippen LogP contribution is -2.44. The molecule has 2 atom stereocenters. The Morgan fingerprint density at radius 3 is 2.71 bits per heavy atom. The van der Waals surface area contributed by atoms with E-state index in [-0.39, 0.29) is 0 Å². The van der Waals surface area contributed by atoms with E-state index >= 15 is 0 Å². The summed E-state index contributed by atoms with van der Waals surface area (Å²) in [6.07, 6.45) is 5.11. The zero-order chi connectivity index (χ0) is 16.8. The van der Waals surface area contributed by atoms with Crippen LogP contribution in [-0.2, 0) is 6.42 Å². The lowest BCUT2D eigenvalue weighted by molar-refractivity contribution is 0.209. The van der Waals surface area contributed by atoms with Crippen molar-refractivity contribution in [2.45, 2.75) is 25.7 Å². The first-order chi connectivity index (χ1) is 11.7. The molecule has 2 saturated heterocycles. The lowest BCUT2D eigenvalue weighted by atomic mass is 9.98. The molecule has 3 rings (SSSR count). The molecule has 4 nitrogen and oxygen atoms in total. The minimum atomic E-state index is 0.742. The van der Waals surface area contributed by atoms with E-state index in [4.69, 9.17) is 0 Å². The predicted molar refractivity (Wildman–Crippen MR) is 101 cm³/mol. The second-order valence-electron chi connectivity index (χ2n) is 7.49.